The summed E-state index contributed by atoms with van der Waals surface area (Å²) in [7, 11) is 0. The maximum Gasteiger partial charge on any atom is 0.202 e. The molecule has 100 valence electrons. The topological polar surface area (TPSA) is 59.4 Å². The molecule has 0 saturated heterocycles. The SMILES string of the molecule is C=Cc1oc(N)c(-c2cc(CC)cc(CC)c2)c1O. The lowest BCUT2D eigenvalue weighted by Gasteiger charge is -2.07. The highest BCUT2D eigenvalue weighted by molar-refractivity contribution is 5.83. The Kier molecular flexibility index (Phi) is 3.65. The summed E-state index contributed by atoms with van der Waals surface area (Å²) < 4.78 is 5.31. The maximum atomic E-state index is 10.1. The molecular formula is C16H19NO2. The molecule has 0 saturated carbocycles. The van der Waals surface area contributed by atoms with Crippen LogP contribution in [0.3, 0.4) is 0 Å². The molecular weight excluding hydrogens is 238 g/mol. The van der Waals surface area contributed by atoms with E-state index in [2.05, 4.69) is 26.5 Å². The number of benzene rings is 1. The first-order valence-electron chi connectivity index (χ1n) is 6.47. The van der Waals surface area contributed by atoms with Crippen LogP contribution in [0.4, 0.5) is 5.88 Å². The zero-order chi connectivity index (χ0) is 14.0. The zero-order valence-corrected chi connectivity index (χ0v) is 11.4. The van der Waals surface area contributed by atoms with E-state index >= 15 is 0 Å². The van der Waals surface area contributed by atoms with Crippen molar-refractivity contribution in [2.24, 2.45) is 0 Å². The molecule has 0 aliphatic heterocycles. The molecule has 0 bridgehead atoms. The van der Waals surface area contributed by atoms with E-state index in [1.165, 1.54) is 17.2 Å². The second kappa shape index (κ2) is 5.22. The summed E-state index contributed by atoms with van der Waals surface area (Å²) in [5.41, 5.74) is 9.74. The van der Waals surface area contributed by atoms with Crippen LogP contribution < -0.4 is 5.73 Å². The van der Waals surface area contributed by atoms with E-state index in [1.54, 1.807) is 0 Å². The van der Waals surface area contributed by atoms with Gasteiger partial charge in [0.2, 0.25) is 5.88 Å². The monoisotopic (exact) mass is 257 g/mol. The molecule has 0 aliphatic carbocycles. The first-order valence-corrected chi connectivity index (χ1v) is 6.47. The van der Waals surface area contributed by atoms with E-state index in [0.717, 1.165) is 18.4 Å². The Bertz CT molecular complexity index is 589. The maximum absolute atomic E-state index is 10.1. The van der Waals surface area contributed by atoms with Gasteiger partial charge in [0, 0.05) is 0 Å². The van der Waals surface area contributed by atoms with Crippen LogP contribution in [0, 0.1) is 0 Å². The van der Waals surface area contributed by atoms with Crippen LogP contribution in [0.25, 0.3) is 17.2 Å². The molecule has 3 heteroatoms. The molecule has 1 aromatic heterocycles. The third-order valence-electron chi connectivity index (χ3n) is 3.28. The van der Waals surface area contributed by atoms with Gasteiger partial charge in [-0.15, -0.1) is 0 Å². The molecule has 1 aromatic carbocycles. The minimum absolute atomic E-state index is 0.0582. The third-order valence-corrected chi connectivity index (χ3v) is 3.28. The molecule has 0 spiro atoms. The summed E-state index contributed by atoms with van der Waals surface area (Å²) in [6.45, 7) is 7.80. The Morgan fingerprint density at radius 2 is 1.79 bits per heavy atom. The molecule has 0 amide bonds. The van der Waals surface area contributed by atoms with Crippen LogP contribution in [0.15, 0.2) is 29.2 Å². The van der Waals surface area contributed by atoms with E-state index in [0.29, 0.717) is 11.3 Å². The van der Waals surface area contributed by atoms with Gasteiger partial charge in [0.25, 0.3) is 0 Å². The highest BCUT2D eigenvalue weighted by Gasteiger charge is 2.18. The summed E-state index contributed by atoms with van der Waals surface area (Å²) in [6.07, 6.45) is 3.33. The Morgan fingerprint density at radius 1 is 1.21 bits per heavy atom. The van der Waals surface area contributed by atoms with Crippen molar-refractivity contribution in [3.05, 3.63) is 41.7 Å². The van der Waals surface area contributed by atoms with E-state index < -0.39 is 0 Å². The minimum atomic E-state index is 0.0582. The van der Waals surface area contributed by atoms with Gasteiger partial charge >= 0.3 is 0 Å². The van der Waals surface area contributed by atoms with E-state index in [9.17, 15) is 5.11 Å². The molecule has 0 atom stereocenters. The lowest BCUT2D eigenvalue weighted by atomic mass is 9.98. The van der Waals surface area contributed by atoms with Gasteiger partial charge in [-0.05, 0) is 35.6 Å². The van der Waals surface area contributed by atoms with Gasteiger partial charge in [-0.3, -0.25) is 0 Å². The van der Waals surface area contributed by atoms with Crippen LogP contribution in [-0.4, -0.2) is 5.11 Å². The second-order valence-corrected chi connectivity index (χ2v) is 4.50. The van der Waals surface area contributed by atoms with Gasteiger partial charge in [0.15, 0.2) is 11.5 Å². The molecule has 0 fully saturated rings. The fraction of sp³-hybridized carbons (Fsp3) is 0.250. The van der Waals surface area contributed by atoms with Crippen molar-refractivity contribution in [2.75, 3.05) is 5.73 Å². The molecule has 19 heavy (non-hydrogen) atoms. The first kappa shape index (κ1) is 13.3. The summed E-state index contributed by atoms with van der Waals surface area (Å²) in [4.78, 5) is 0. The summed E-state index contributed by atoms with van der Waals surface area (Å²) in [5, 5.41) is 10.1. The predicted molar refractivity (Wildman–Crippen MR) is 79.1 cm³/mol. The van der Waals surface area contributed by atoms with Gasteiger partial charge < -0.3 is 15.3 Å². The largest absolute Gasteiger partial charge is 0.504 e. The summed E-state index contributed by atoms with van der Waals surface area (Å²) in [6, 6.07) is 6.24. The van der Waals surface area contributed by atoms with E-state index in [4.69, 9.17) is 10.2 Å². The number of furan rings is 1. The van der Waals surface area contributed by atoms with E-state index in [1.807, 2.05) is 12.1 Å². The quantitative estimate of drug-likeness (QED) is 0.870. The van der Waals surface area contributed by atoms with Crippen LogP contribution in [0.5, 0.6) is 5.75 Å². The van der Waals surface area contributed by atoms with Gasteiger partial charge in [-0.2, -0.15) is 0 Å². The Balaban J connectivity index is 2.64. The Hall–Kier alpha value is -2.16. The number of anilines is 1. The zero-order valence-electron chi connectivity index (χ0n) is 11.4. The third kappa shape index (κ3) is 2.36. The predicted octanol–water partition coefficient (Wildman–Crippen LogP) is 4.00. The normalized spacial score (nSPS) is 10.6. The fourth-order valence-corrected chi connectivity index (χ4v) is 2.19. The van der Waals surface area contributed by atoms with Crippen molar-refractivity contribution in [1.29, 1.82) is 0 Å². The molecule has 0 aliphatic rings. The smallest absolute Gasteiger partial charge is 0.202 e. The molecule has 3 N–H and O–H groups in total. The van der Waals surface area contributed by atoms with Crippen molar-refractivity contribution >= 4 is 12.0 Å². The second-order valence-electron chi connectivity index (χ2n) is 4.50. The number of nitrogen functional groups attached to an aromatic ring is 1. The van der Waals surface area contributed by atoms with Crippen LogP contribution in [0.2, 0.25) is 0 Å². The number of hydrogen-bond acceptors (Lipinski definition) is 3. The standard InChI is InChI=1S/C16H19NO2/c1-4-10-7-11(5-2)9-12(8-10)14-15(18)13(6-3)19-16(14)17/h6-9,18H,3-5,17H2,1-2H3. The minimum Gasteiger partial charge on any atom is -0.504 e. The molecule has 3 nitrogen and oxygen atoms in total. The Labute approximate surface area is 113 Å². The highest BCUT2D eigenvalue weighted by Crippen LogP contribution is 2.41. The Morgan fingerprint density at radius 3 is 2.21 bits per heavy atom. The highest BCUT2D eigenvalue weighted by atomic mass is 16.4. The number of rotatable bonds is 4. The average molecular weight is 257 g/mol. The van der Waals surface area contributed by atoms with Gasteiger partial charge in [-0.1, -0.05) is 38.6 Å². The molecule has 2 rings (SSSR count). The molecule has 0 radical (unpaired) electrons. The van der Waals surface area contributed by atoms with Gasteiger partial charge in [-0.25, -0.2) is 0 Å². The summed E-state index contributed by atoms with van der Waals surface area (Å²) >= 11 is 0. The molecule has 2 aromatic rings. The number of nitrogens with two attached hydrogens (primary N) is 1. The lowest BCUT2D eigenvalue weighted by Crippen LogP contribution is -1.91. The number of aromatic hydroxyl groups is 1. The lowest BCUT2D eigenvalue weighted by molar-refractivity contribution is 0.457. The van der Waals surface area contributed by atoms with Crippen molar-refractivity contribution in [3.63, 3.8) is 0 Å². The first-order chi connectivity index (χ1) is 9.10. The van der Waals surface area contributed by atoms with E-state index in [-0.39, 0.29) is 11.6 Å². The van der Waals surface area contributed by atoms with Crippen LogP contribution >= 0.6 is 0 Å². The number of aryl methyl sites for hydroxylation is 2. The van der Waals surface area contributed by atoms with Crippen LogP contribution in [-0.2, 0) is 12.8 Å². The van der Waals surface area contributed by atoms with Crippen molar-refractivity contribution in [3.8, 4) is 16.9 Å². The summed E-state index contributed by atoms with van der Waals surface area (Å²) in [5.74, 6) is 0.595. The number of hydrogen-bond donors (Lipinski definition) is 2. The fourth-order valence-electron chi connectivity index (χ4n) is 2.19. The van der Waals surface area contributed by atoms with Crippen molar-refractivity contribution in [1.82, 2.24) is 0 Å². The molecule has 1 heterocycles. The average Bonchev–Trinajstić information content (AvgIpc) is 2.72. The molecule has 0 unspecified atom stereocenters. The van der Waals surface area contributed by atoms with Gasteiger partial charge in [0.05, 0.1) is 5.56 Å². The van der Waals surface area contributed by atoms with Gasteiger partial charge in [0.1, 0.15) is 0 Å². The van der Waals surface area contributed by atoms with Crippen molar-refractivity contribution in [2.45, 2.75) is 26.7 Å². The van der Waals surface area contributed by atoms with Crippen molar-refractivity contribution < 1.29 is 9.52 Å². The van der Waals surface area contributed by atoms with Crippen LogP contribution in [0.1, 0.15) is 30.7 Å².